The fraction of sp³-hybridized carbons (Fsp3) is 0.500. The summed E-state index contributed by atoms with van der Waals surface area (Å²) in [4.78, 5) is 2.41. The first-order valence-electron chi connectivity index (χ1n) is 7.11. The molecule has 0 amide bonds. The van der Waals surface area contributed by atoms with Gasteiger partial charge < -0.3 is 14.8 Å². The quantitative estimate of drug-likeness (QED) is 0.608. The van der Waals surface area contributed by atoms with Crippen LogP contribution in [0.5, 0.6) is 5.75 Å². The highest BCUT2D eigenvalue weighted by molar-refractivity contribution is 5.37. The summed E-state index contributed by atoms with van der Waals surface area (Å²) in [6.45, 7) is 9.93. The van der Waals surface area contributed by atoms with Crippen LogP contribution in [0.4, 0.5) is 0 Å². The predicted molar refractivity (Wildman–Crippen MR) is 81.0 cm³/mol. The van der Waals surface area contributed by atoms with Gasteiger partial charge in [-0.25, -0.2) is 0 Å². The van der Waals surface area contributed by atoms with Gasteiger partial charge in [-0.05, 0) is 17.7 Å². The second-order valence-electron chi connectivity index (χ2n) is 4.95. The Morgan fingerprint density at radius 3 is 2.90 bits per heavy atom. The minimum Gasteiger partial charge on any atom is -0.496 e. The van der Waals surface area contributed by atoms with Crippen LogP contribution in [0, 0.1) is 0 Å². The molecule has 1 N–H and O–H groups in total. The smallest absolute Gasteiger partial charge is 0.123 e. The van der Waals surface area contributed by atoms with Gasteiger partial charge in [-0.2, -0.15) is 0 Å². The van der Waals surface area contributed by atoms with Crippen molar-refractivity contribution in [3.8, 4) is 5.75 Å². The molecule has 1 heterocycles. The van der Waals surface area contributed by atoms with Gasteiger partial charge in [-0.1, -0.05) is 12.1 Å². The van der Waals surface area contributed by atoms with Gasteiger partial charge in [0.25, 0.3) is 0 Å². The van der Waals surface area contributed by atoms with E-state index in [0.717, 1.165) is 51.7 Å². The van der Waals surface area contributed by atoms with E-state index in [1.807, 2.05) is 6.08 Å². The lowest BCUT2D eigenvalue weighted by Crippen LogP contribution is -2.35. The molecule has 0 bridgehead atoms. The van der Waals surface area contributed by atoms with Crippen molar-refractivity contribution in [2.24, 2.45) is 0 Å². The fourth-order valence-corrected chi connectivity index (χ4v) is 2.38. The number of hydrogen-bond donors (Lipinski definition) is 1. The number of morpholine rings is 1. The number of benzene rings is 1. The molecule has 1 fully saturated rings. The molecule has 0 aromatic heterocycles. The molecular weight excluding hydrogens is 252 g/mol. The summed E-state index contributed by atoms with van der Waals surface area (Å²) < 4.78 is 10.9. The van der Waals surface area contributed by atoms with Crippen molar-refractivity contribution < 1.29 is 9.47 Å². The van der Waals surface area contributed by atoms with Crippen molar-refractivity contribution in [2.45, 2.75) is 13.1 Å². The molecule has 2 rings (SSSR count). The van der Waals surface area contributed by atoms with Gasteiger partial charge in [0.1, 0.15) is 5.75 Å². The maximum atomic E-state index is 5.47. The number of ether oxygens (including phenoxy) is 2. The maximum absolute atomic E-state index is 5.47. The monoisotopic (exact) mass is 276 g/mol. The molecule has 0 saturated carbocycles. The Balaban J connectivity index is 2.03. The maximum Gasteiger partial charge on any atom is 0.123 e. The van der Waals surface area contributed by atoms with Crippen LogP contribution in [0.1, 0.15) is 11.1 Å². The standard InChI is InChI=1S/C16H24N2O2/c1-3-6-17-12-14-4-5-16(19-2)15(11-14)13-18-7-9-20-10-8-18/h3-5,11,17H,1,6-10,12-13H2,2H3. The van der Waals surface area contributed by atoms with E-state index in [9.17, 15) is 0 Å². The molecule has 1 aromatic carbocycles. The lowest BCUT2D eigenvalue weighted by molar-refractivity contribution is 0.0339. The first-order valence-corrected chi connectivity index (χ1v) is 7.11. The normalized spacial score (nSPS) is 16.1. The summed E-state index contributed by atoms with van der Waals surface area (Å²) in [7, 11) is 1.73. The van der Waals surface area contributed by atoms with E-state index < -0.39 is 0 Å². The van der Waals surface area contributed by atoms with E-state index in [-0.39, 0.29) is 0 Å². The molecule has 110 valence electrons. The van der Waals surface area contributed by atoms with Crippen LogP contribution in [0.3, 0.4) is 0 Å². The van der Waals surface area contributed by atoms with Crippen LogP contribution >= 0.6 is 0 Å². The molecule has 0 atom stereocenters. The van der Waals surface area contributed by atoms with Gasteiger partial charge in [-0.15, -0.1) is 6.58 Å². The molecule has 0 radical (unpaired) electrons. The minimum absolute atomic E-state index is 0.822. The van der Waals surface area contributed by atoms with Crippen LogP contribution in [0.2, 0.25) is 0 Å². The summed E-state index contributed by atoms with van der Waals surface area (Å²) in [5, 5.41) is 3.33. The minimum atomic E-state index is 0.822. The first-order chi connectivity index (χ1) is 9.83. The second kappa shape index (κ2) is 8.04. The van der Waals surface area contributed by atoms with E-state index in [1.54, 1.807) is 7.11 Å². The average Bonchev–Trinajstić information content (AvgIpc) is 2.49. The highest BCUT2D eigenvalue weighted by Gasteiger charge is 2.13. The van der Waals surface area contributed by atoms with Crippen LogP contribution in [-0.2, 0) is 17.8 Å². The average molecular weight is 276 g/mol. The summed E-state index contributed by atoms with van der Waals surface area (Å²) in [5.74, 6) is 0.962. The molecule has 20 heavy (non-hydrogen) atoms. The Bertz CT molecular complexity index is 428. The molecule has 1 aliphatic heterocycles. The third kappa shape index (κ3) is 4.34. The van der Waals surface area contributed by atoms with E-state index in [4.69, 9.17) is 9.47 Å². The third-order valence-corrected chi connectivity index (χ3v) is 3.46. The predicted octanol–water partition coefficient (Wildman–Crippen LogP) is 1.80. The Morgan fingerprint density at radius 2 is 2.20 bits per heavy atom. The van der Waals surface area contributed by atoms with Gasteiger partial charge in [0.05, 0.1) is 20.3 Å². The highest BCUT2D eigenvalue weighted by atomic mass is 16.5. The number of methoxy groups -OCH3 is 1. The van der Waals surface area contributed by atoms with Crippen molar-refractivity contribution in [1.82, 2.24) is 10.2 Å². The van der Waals surface area contributed by atoms with Crippen LogP contribution in [0.25, 0.3) is 0 Å². The fourth-order valence-electron chi connectivity index (χ4n) is 2.38. The Kier molecular flexibility index (Phi) is 6.05. The first kappa shape index (κ1) is 15.0. The molecule has 0 aliphatic carbocycles. The summed E-state index contributed by atoms with van der Waals surface area (Å²) >= 11 is 0. The zero-order valence-electron chi connectivity index (χ0n) is 12.2. The third-order valence-electron chi connectivity index (χ3n) is 3.46. The molecular formula is C16H24N2O2. The second-order valence-corrected chi connectivity index (χ2v) is 4.95. The van der Waals surface area contributed by atoms with E-state index in [2.05, 4.69) is 35.0 Å². The number of hydrogen-bond acceptors (Lipinski definition) is 4. The van der Waals surface area contributed by atoms with Gasteiger partial charge in [0.2, 0.25) is 0 Å². The lowest BCUT2D eigenvalue weighted by Gasteiger charge is -2.27. The molecule has 1 aliphatic rings. The summed E-state index contributed by atoms with van der Waals surface area (Å²) in [6, 6.07) is 6.39. The number of nitrogens with zero attached hydrogens (tertiary/aromatic N) is 1. The van der Waals surface area contributed by atoms with Crippen LogP contribution < -0.4 is 10.1 Å². The van der Waals surface area contributed by atoms with Crippen LogP contribution in [-0.4, -0.2) is 44.9 Å². The van der Waals surface area contributed by atoms with Gasteiger partial charge in [-0.3, -0.25) is 4.90 Å². The van der Waals surface area contributed by atoms with Crippen molar-refractivity contribution in [2.75, 3.05) is 40.0 Å². The zero-order chi connectivity index (χ0) is 14.2. The van der Waals surface area contributed by atoms with Crippen molar-refractivity contribution in [1.29, 1.82) is 0 Å². The Labute approximate surface area is 121 Å². The molecule has 0 spiro atoms. The van der Waals surface area contributed by atoms with Crippen LogP contribution in [0.15, 0.2) is 30.9 Å². The number of rotatable bonds is 7. The Morgan fingerprint density at radius 1 is 1.40 bits per heavy atom. The Hall–Kier alpha value is -1.36. The SMILES string of the molecule is C=CCNCc1ccc(OC)c(CN2CCOCC2)c1. The molecule has 4 heteroatoms. The van der Waals surface area contributed by atoms with E-state index >= 15 is 0 Å². The van der Waals surface area contributed by atoms with E-state index in [0.29, 0.717) is 0 Å². The largest absolute Gasteiger partial charge is 0.496 e. The highest BCUT2D eigenvalue weighted by Crippen LogP contribution is 2.22. The van der Waals surface area contributed by atoms with Crippen molar-refractivity contribution >= 4 is 0 Å². The topological polar surface area (TPSA) is 33.7 Å². The summed E-state index contributed by atoms with van der Waals surface area (Å²) in [6.07, 6.45) is 1.87. The van der Waals surface area contributed by atoms with Crippen molar-refractivity contribution in [3.05, 3.63) is 42.0 Å². The molecule has 0 unspecified atom stereocenters. The zero-order valence-corrected chi connectivity index (χ0v) is 12.2. The van der Waals surface area contributed by atoms with Gasteiger partial charge >= 0.3 is 0 Å². The van der Waals surface area contributed by atoms with E-state index in [1.165, 1.54) is 11.1 Å². The molecule has 1 aromatic rings. The lowest BCUT2D eigenvalue weighted by atomic mass is 10.1. The molecule has 4 nitrogen and oxygen atoms in total. The summed E-state index contributed by atoms with van der Waals surface area (Å²) in [5.41, 5.74) is 2.52. The molecule has 1 saturated heterocycles. The van der Waals surface area contributed by atoms with Gasteiger partial charge in [0, 0.05) is 38.3 Å². The van der Waals surface area contributed by atoms with Crippen molar-refractivity contribution in [3.63, 3.8) is 0 Å². The van der Waals surface area contributed by atoms with Gasteiger partial charge in [0.15, 0.2) is 0 Å². The number of nitrogens with one attached hydrogen (secondary N) is 1.